The van der Waals surface area contributed by atoms with Crippen LogP contribution in [-0.2, 0) is 11.3 Å². The van der Waals surface area contributed by atoms with Gasteiger partial charge in [-0.3, -0.25) is 9.79 Å². The van der Waals surface area contributed by atoms with Crippen LogP contribution in [0.5, 0.6) is 0 Å². The Morgan fingerprint density at radius 3 is 2.92 bits per heavy atom. The number of pyridine rings is 1. The number of hydrogen-bond donors (Lipinski definition) is 2. The smallest absolute Gasteiger partial charge is 0.250 e. The van der Waals surface area contributed by atoms with Crippen LogP contribution in [0.3, 0.4) is 0 Å². The summed E-state index contributed by atoms with van der Waals surface area (Å²) in [6.45, 7) is 3.59. The molecule has 3 atom stereocenters. The minimum Gasteiger partial charge on any atom is -0.373 e. The molecule has 2 aliphatic heterocycles. The second kappa shape index (κ2) is 7.83. The van der Waals surface area contributed by atoms with Gasteiger partial charge in [0.25, 0.3) is 5.56 Å². The van der Waals surface area contributed by atoms with E-state index >= 15 is 0 Å². The summed E-state index contributed by atoms with van der Waals surface area (Å²) in [7, 11) is 1.80. The standard InChI is InChI=1S/C18H28N4O2/c1-13-6-5-7-17(23)22(13)11-4-3-10-20-18(19-2)21-15-12-14-8-9-16(15)24-14/h5-7,14-16H,3-4,8-12H2,1-2H3,(H2,19,20,21). The third kappa shape index (κ3) is 3.98. The van der Waals surface area contributed by atoms with Gasteiger partial charge >= 0.3 is 0 Å². The van der Waals surface area contributed by atoms with Crippen LogP contribution >= 0.6 is 0 Å². The van der Waals surface area contributed by atoms with Gasteiger partial charge in [-0.15, -0.1) is 0 Å². The Bertz CT molecular complexity index is 640. The Balaban J connectivity index is 1.37. The van der Waals surface area contributed by atoms with Gasteiger partial charge in [0.15, 0.2) is 5.96 Å². The number of aliphatic imine (C=N–C) groups is 1. The molecule has 0 radical (unpaired) electrons. The Hall–Kier alpha value is -1.82. The number of rotatable bonds is 6. The van der Waals surface area contributed by atoms with Gasteiger partial charge in [-0.1, -0.05) is 6.07 Å². The minimum atomic E-state index is 0.0803. The lowest BCUT2D eigenvalue weighted by molar-refractivity contribution is 0.0992. The molecule has 0 amide bonds. The summed E-state index contributed by atoms with van der Waals surface area (Å²) in [4.78, 5) is 16.1. The molecule has 2 fully saturated rings. The third-order valence-electron chi connectivity index (χ3n) is 5.02. The van der Waals surface area contributed by atoms with Crippen molar-refractivity contribution in [2.45, 2.75) is 63.8 Å². The normalized spacial score (nSPS) is 25.9. The Labute approximate surface area is 143 Å². The molecule has 1 aromatic heterocycles. The van der Waals surface area contributed by atoms with Crippen molar-refractivity contribution in [2.75, 3.05) is 13.6 Å². The summed E-state index contributed by atoms with van der Waals surface area (Å²) in [6, 6.07) is 5.79. The highest BCUT2D eigenvalue weighted by molar-refractivity contribution is 5.80. The fourth-order valence-electron chi connectivity index (χ4n) is 3.67. The van der Waals surface area contributed by atoms with Crippen LogP contribution in [0.25, 0.3) is 0 Å². The predicted molar refractivity (Wildman–Crippen MR) is 95.5 cm³/mol. The van der Waals surface area contributed by atoms with E-state index in [0.29, 0.717) is 18.2 Å². The monoisotopic (exact) mass is 332 g/mol. The maximum absolute atomic E-state index is 11.8. The molecule has 6 heteroatoms. The van der Waals surface area contributed by atoms with Crippen molar-refractivity contribution in [3.8, 4) is 0 Å². The van der Waals surface area contributed by atoms with Crippen molar-refractivity contribution in [1.29, 1.82) is 0 Å². The van der Waals surface area contributed by atoms with Crippen LogP contribution in [0.2, 0.25) is 0 Å². The first-order chi connectivity index (χ1) is 11.7. The number of guanidine groups is 1. The summed E-state index contributed by atoms with van der Waals surface area (Å²) in [5.41, 5.74) is 1.10. The van der Waals surface area contributed by atoms with Crippen molar-refractivity contribution in [2.24, 2.45) is 4.99 Å². The van der Waals surface area contributed by atoms with Gasteiger partial charge in [0.05, 0.1) is 18.2 Å². The number of nitrogens with zero attached hydrogens (tertiary/aromatic N) is 2. The summed E-state index contributed by atoms with van der Waals surface area (Å²) in [5.74, 6) is 0.851. The van der Waals surface area contributed by atoms with Crippen molar-refractivity contribution in [1.82, 2.24) is 15.2 Å². The van der Waals surface area contributed by atoms with E-state index in [4.69, 9.17) is 4.74 Å². The predicted octanol–water partition coefficient (Wildman–Crippen LogP) is 1.42. The van der Waals surface area contributed by atoms with Crippen molar-refractivity contribution >= 4 is 5.96 Å². The van der Waals surface area contributed by atoms with Crippen LogP contribution in [-0.4, -0.2) is 42.4 Å². The first-order valence-corrected chi connectivity index (χ1v) is 8.96. The molecule has 3 unspecified atom stereocenters. The average Bonchev–Trinajstić information content (AvgIpc) is 3.18. The van der Waals surface area contributed by atoms with Gasteiger partial charge in [0.2, 0.25) is 0 Å². The fourth-order valence-corrected chi connectivity index (χ4v) is 3.67. The van der Waals surface area contributed by atoms with Gasteiger partial charge in [-0.05, 0) is 45.1 Å². The Morgan fingerprint density at radius 2 is 2.25 bits per heavy atom. The second-order valence-electron chi connectivity index (χ2n) is 6.72. The number of aromatic nitrogens is 1. The van der Waals surface area contributed by atoms with E-state index in [1.165, 1.54) is 6.42 Å². The quantitative estimate of drug-likeness (QED) is 0.470. The molecule has 0 aliphatic carbocycles. The highest BCUT2D eigenvalue weighted by Gasteiger charge is 2.41. The van der Waals surface area contributed by atoms with Gasteiger partial charge in [0, 0.05) is 31.9 Å². The van der Waals surface area contributed by atoms with E-state index < -0.39 is 0 Å². The lowest BCUT2D eigenvalue weighted by Crippen LogP contribution is -2.47. The van der Waals surface area contributed by atoms with Gasteiger partial charge in [-0.2, -0.15) is 0 Å². The molecule has 132 valence electrons. The van der Waals surface area contributed by atoms with Crippen LogP contribution in [0.4, 0.5) is 0 Å². The SMILES string of the molecule is CN=C(NCCCCn1c(C)cccc1=O)NC1CC2CCC1O2. The molecular formula is C18H28N4O2. The van der Waals surface area contributed by atoms with Gasteiger partial charge < -0.3 is 19.9 Å². The maximum Gasteiger partial charge on any atom is 0.250 e. The molecule has 2 N–H and O–H groups in total. The number of ether oxygens (including phenoxy) is 1. The highest BCUT2D eigenvalue weighted by atomic mass is 16.5. The molecule has 1 aromatic rings. The number of hydrogen-bond acceptors (Lipinski definition) is 3. The van der Waals surface area contributed by atoms with Gasteiger partial charge in [-0.25, -0.2) is 0 Å². The number of fused-ring (bicyclic) bond motifs is 2. The zero-order valence-electron chi connectivity index (χ0n) is 14.6. The molecule has 2 saturated heterocycles. The molecule has 3 heterocycles. The summed E-state index contributed by atoms with van der Waals surface area (Å²) in [6.07, 6.45) is 6.19. The van der Waals surface area contributed by atoms with Crippen LogP contribution in [0, 0.1) is 6.92 Å². The zero-order valence-corrected chi connectivity index (χ0v) is 14.6. The van der Waals surface area contributed by atoms with Crippen molar-refractivity contribution in [3.63, 3.8) is 0 Å². The molecule has 0 spiro atoms. The number of aryl methyl sites for hydroxylation is 1. The fraction of sp³-hybridized carbons (Fsp3) is 0.667. The van der Waals surface area contributed by atoms with Gasteiger partial charge in [0.1, 0.15) is 0 Å². The molecule has 0 saturated carbocycles. The topological polar surface area (TPSA) is 67.7 Å². The molecule has 24 heavy (non-hydrogen) atoms. The van der Waals surface area contributed by atoms with Crippen LogP contribution in [0.1, 0.15) is 37.8 Å². The first kappa shape index (κ1) is 17.0. The first-order valence-electron chi connectivity index (χ1n) is 8.96. The van der Waals surface area contributed by atoms with Crippen LogP contribution in [0.15, 0.2) is 28.0 Å². The summed E-state index contributed by atoms with van der Waals surface area (Å²) >= 11 is 0. The Kier molecular flexibility index (Phi) is 5.56. The van der Waals surface area contributed by atoms with E-state index in [2.05, 4.69) is 15.6 Å². The number of unbranched alkanes of at least 4 members (excludes halogenated alkanes) is 1. The highest BCUT2D eigenvalue weighted by Crippen LogP contribution is 2.34. The van der Waals surface area contributed by atoms with E-state index in [0.717, 1.165) is 50.4 Å². The second-order valence-corrected chi connectivity index (χ2v) is 6.72. The summed E-state index contributed by atoms with van der Waals surface area (Å²) < 4.78 is 7.70. The van der Waals surface area contributed by atoms with Crippen molar-refractivity contribution in [3.05, 3.63) is 34.2 Å². The molecular weight excluding hydrogens is 304 g/mol. The van der Waals surface area contributed by atoms with Crippen LogP contribution < -0.4 is 16.2 Å². The average molecular weight is 332 g/mol. The third-order valence-corrected chi connectivity index (χ3v) is 5.02. The molecule has 0 aromatic carbocycles. The van der Waals surface area contributed by atoms with E-state index in [-0.39, 0.29) is 5.56 Å². The van der Waals surface area contributed by atoms with E-state index in [1.54, 1.807) is 13.1 Å². The zero-order chi connectivity index (χ0) is 16.9. The number of nitrogens with one attached hydrogen (secondary N) is 2. The largest absolute Gasteiger partial charge is 0.373 e. The van der Waals surface area contributed by atoms with E-state index in [1.807, 2.05) is 23.6 Å². The molecule has 2 aliphatic rings. The van der Waals surface area contributed by atoms with Crippen molar-refractivity contribution < 1.29 is 4.74 Å². The molecule has 6 nitrogen and oxygen atoms in total. The van der Waals surface area contributed by atoms with E-state index in [9.17, 15) is 4.79 Å². The molecule has 2 bridgehead atoms. The Morgan fingerprint density at radius 1 is 1.38 bits per heavy atom. The summed E-state index contributed by atoms with van der Waals surface area (Å²) in [5, 5.41) is 6.85. The minimum absolute atomic E-state index is 0.0803. The maximum atomic E-state index is 11.8. The lowest BCUT2D eigenvalue weighted by Gasteiger charge is -2.22. The lowest BCUT2D eigenvalue weighted by atomic mass is 9.96. The molecule has 3 rings (SSSR count).